The van der Waals surface area contributed by atoms with Gasteiger partial charge in [-0.25, -0.2) is 0 Å². The van der Waals surface area contributed by atoms with Crippen LogP contribution in [0.3, 0.4) is 0 Å². The Labute approximate surface area is 120 Å². The van der Waals surface area contributed by atoms with E-state index in [4.69, 9.17) is 0 Å². The fourth-order valence-corrected chi connectivity index (χ4v) is 3.53. The van der Waals surface area contributed by atoms with E-state index in [9.17, 15) is 4.79 Å². The summed E-state index contributed by atoms with van der Waals surface area (Å²) in [5.74, 6) is 0.144. The van der Waals surface area contributed by atoms with Crippen LogP contribution in [0.5, 0.6) is 0 Å². The van der Waals surface area contributed by atoms with E-state index in [-0.39, 0.29) is 11.9 Å². The number of nitrogens with one attached hydrogen (secondary N) is 1. The Hall–Kier alpha value is -1.36. The van der Waals surface area contributed by atoms with E-state index < -0.39 is 0 Å². The highest BCUT2D eigenvalue weighted by Crippen LogP contribution is 2.25. The summed E-state index contributed by atoms with van der Waals surface area (Å²) < 4.78 is 2.01. The molecule has 20 heavy (non-hydrogen) atoms. The van der Waals surface area contributed by atoms with Gasteiger partial charge in [-0.3, -0.25) is 14.4 Å². The van der Waals surface area contributed by atoms with Gasteiger partial charge in [-0.1, -0.05) is 0 Å². The first kappa shape index (κ1) is 13.6. The Morgan fingerprint density at radius 3 is 2.85 bits per heavy atom. The van der Waals surface area contributed by atoms with Gasteiger partial charge in [0.1, 0.15) is 0 Å². The van der Waals surface area contributed by atoms with E-state index in [1.165, 1.54) is 12.8 Å². The third-order valence-electron chi connectivity index (χ3n) is 4.77. The number of carbonyl (C=O) groups excluding carboxylic acids is 1. The molecule has 1 N–H and O–H groups in total. The van der Waals surface area contributed by atoms with Crippen LogP contribution in [0.1, 0.15) is 51.3 Å². The van der Waals surface area contributed by atoms with Gasteiger partial charge in [0.25, 0.3) is 0 Å². The maximum atomic E-state index is 12.3. The Morgan fingerprint density at radius 2 is 2.10 bits per heavy atom. The molecule has 1 saturated heterocycles. The molecule has 1 aromatic rings. The molecule has 1 amide bonds. The maximum absolute atomic E-state index is 12.3. The molecule has 3 heterocycles. The van der Waals surface area contributed by atoms with Crippen LogP contribution in [0.15, 0.2) is 12.3 Å². The summed E-state index contributed by atoms with van der Waals surface area (Å²) in [6.45, 7) is 5.92. The van der Waals surface area contributed by atoms with Crippen molar-refractivity contribution in [3.8, 4) is 0 Å². The minimum absolute atomic E-state index is 0.131. The van der Waals surface area contributed by atoms with Crippen LogP contribution in [-0.4, -0.2) is 39.2 Å². The van der Waals surface area contributed by atoms with Gasteiger partial charge in [0.15, 0.2) is 0 Å². The van der Waals surface area contributed by atoms with Gasteiger partial charge in [-0.2, -0.15) is 5.10 Å². The fraction of sp³-hybridized carbons (Fsp3) is 0.733. The van der Waals surface area contributed by atoms with Gasteiger partial charge in [-0.05, 0) is 45.6 Å². The molecule has 3 atom stereocenters. The Kier molecular flexibility index (Phi) is 3.78. The summed E-state index contributed by atoms with van der Waals surface area (Å²) >= 11 is 0. The van der Waals surface area contributed by atoms with Gasteiger partial charge < -0.3 is 5.32 Å². The van der Waals surface area contributed by atoms with Crippen molar-refractivity contribution in [2.75, 3.05) is 6.54 Å². The smallest absolute Gasteiger partial charge is 0.234 e. The molecule has 2 aliphatic heterocycles. The lowest BCUT2D eigenvalue weighted by Crippen LogP contribution is -2.43. The lowest BCUT2D eigenvalue weighted by atomic mass is 10.0. The molecule has 5 heteroatoms. The summed E-state index contributed by atoms with van der Waals surface area (Å²) in [6, 6.07) is 3.19. The quantitative estimate of drug-likeness (QED) is 0.914. The predicted molar refractivity (Wildman–Crippen MR) is 77.2 cm³/mol. The minimum atomic E-state index is 0.131. The van der Waals surface area contributed by atoms with Crippen LogP contribution in [0.25, 0.3) is 0 Å². The fourth-order valence-electron chi connectivity index (χ4n) is 3.53. The third-order valence-corrected chi connectivity index (χ3v) is 4.77. The Bertz CT molecular complexity index is 474. The molecule has 1 aromatic heterocycles. The summed E-state index contributed by atoms with van der Waals surface area (Å²) in [4.78, 5) is 14.6. The molecule has 0 aromatic carbocycles. The molecule has 0 bridgehead atoms. The molecule has 1 fully saturated rings. The Balaban J connectivity index is 1.60. The number of hydrogen-bond donors (Lipinski definition) is 1. The molecule has 0 spiro atoms. The standard InChI is InChI=1S/C15H24N4O/c1-11-5-6-12(2)18(11)10-15(20)17-13-4-3-9-19-14(13)7-8-16-19/h7-8,11-13H,3-6,9-10H2,1-2H3,(H,17,20). The van der Waals surface area contributed by atoms with E-state index in [2.05, 4.69) is 29.2 Å². The number of likely N-dealkylation sites (tertiary alicyclic amines) is 1. The molecule has 3 rings (SSSR count). The van der Waals surface area contributed by atoms with Crippen molar-refractivity contribution in [1.82, 2.24) is 20.0 Å². The highest BCUT2D eigenvalue weighted by atomic mass is 16.2. The summed E-state index contributed by atoms with van der Waals surface area (Å²) in [7, 11) is 0. The van der Waals surface area contributed by atoms with E-state index in [1.807, 2.05) is 16.9 Å². The van der Waals surface area contributed by atoms with E-state index in [0.29, 0.717) is 18.6 Å². The number of aromatic nitrogens is 2. The second-order valence-electron chi connectivity index (χ2n) is 6.19. The molecule has 0 radical (unpaired) electrons. The van der Waals surface area contributed by atoms with Crippen molar-refractivity contribution in [3.05, 3.63) is 18.0 Å². The number of hydrogen-bond acceptors (Lipinski definition) is 3. The third kappa shape index (κ3) is 2.59. The lowest BCUT2D eigenvalue weighted by molar-refractivity contribution is -0.123. The second kappa shape index (κ2) is 5.56. The van der Waals surface area contributed by atoms with Crippen molar-refractivity contribution in [3.63, 3.8) is 0 Å². The highest BCUT2D eigenvalue weighted by molar-refractivity contribution is 5.78. The molecule has 3 unspecified atom stereocenters. The molecule has 110 valence electrons. The number of rotatable bonds is 3. The van der Waals surface area contributed by atoms with Crippen molar-refractivity contribution in [2.24, 2.45) is 0 Å². The van der Waals surface area contributed by atoms with Crippen LogP contribution < -0.4 is 5.32 Å². The van der Waals surface area contributed by atoms with E-state index >= 15 is 0 Å². The first-order valence-electron chi connectivity index (χ1n) is 7.72. The molecule has 5 nitrogen and oxygen atoms in total. The SMILES string of the molecule is CC1CCC(C)N1CC(=O)NC1CCCn2nccc21. The van der Waals surface area contributed by atoms with Crippen molar-refractivity contribution < 1.29 is 4.79 Å². The molecule has 0 saturated carbocycles. The Morgan fingerprint density at radius 1 is 1.35 bits per heavy atom. The van der Waals surface area contributed by atoms with Crippen LogP contribution in [0, 0.1) is 0 Å². The topological polar surface area (TPSA) is 50.2 Å². The van der Waals surface area contributed by atoms with Gasteiger partial charge in [-0.15, -0.1) is 0 Å². The molecule has 0 aliphatic carbocycles. The largest absolute Gasteiger partial charge is 0.347 e. The number of carbonyl (C=O) groups is 1. The minimum Gasteiger partial charge on any atom is -0.347 e. The lowest BCUT2D eigenvalue weighted by Gasteiger charge is -2.28. The van der Waals surface area contributed by atoms with Gasteiger partial charge >= 0.3 is 0 Å². The van der Waals surface area contributed by atoms with Crippen molar-refractivity contribution in [1.29, 1.82) is 0 Å². The molecular weight excluding hydrogens is 252 g/mol. The number of amides is 1. The normalized spacial score (nSPS) is 30.2. The predicted octanol–water partition coefficient (Wildman–Crippen LogP) is 1.71. The van der Waals surface area contributed by atoms with Crippen molar-refractivity contribution >= 4 is 5.91 Å². The van der Waals surface area contributed by atoms with Gasteiger partial charge in [0.05, 0.1) is 18.3 Å². The second-order valence-corrected chi connectivity index (χ2v) is 6.19. The van der Waals surface area contributed by atoms with Crippen LogP contribution >= 0.6 is 0 Å². The number of fused-ring (bicyclic) bond motifs is 1. The van der Waals surface area contributed by atoms with Crippen LogP contribution in [0.4, 0.5) is 0 Å². The van der Waals surface area contributed by atoms with Crippen molar-refractivity contribution in [2.45, 2.75) is 64.2 Å². The first-order valence-corrected chi connectivity index (χ1v) is 7.72. The molecule has 2 aliphatic rings. The van der Waals surface area contributed by atoms with Gasteiger partial charge in [0, 0.05) is 24.8 Å². The molecular formula is C15H24N4O. The monoisotopic (exact) mass is 276 g/mol. The zero-order valence-electron chi connectivity index (χ0n) is 12.4. The zero-order chi connectivity index (χ0) is 14.1. The van der Waals surface area contributed by atoms with E-state index in [0.717, 1.165) is 25.1 Å². The van der Waals surface area contributed by atoms with Gasteiger partial charge in [0.2, 0.25) is 5.91 Å². The zero-order valence-corrected chi connectivity index (χ0v) is 12.4. The van der Waals surface area contributed by atoms with Crippen LogP contribution in [-0.2, 0) is 11.3 Å². The maximum Gasteiger partial charge on any atom is 0.234 e. The summed E-state index contributed by atoms with van der Waals surface area (Å²) in [5.41, 5.74) is 1.15. The number of aryl methyl sites for hydroxylation is 1. The average Bonchev–Trinajstić information content (AvgIpc) is 3.01. The first-order chi connectivity index (χ1) is 9.65. The van der Waals surface area contributed by atoms with Crippen LogP contribution in [0.2, 0.25) is 0 Å². The number of nitrogens with zero attached hydrogens (tertiary/aromatic N) is 3. The highest BCUT2D eigenvalue weighted by Gasteiger charge is 2.30. The summed E-state index contributed by atoms with van der Waals surface area (Å²) in [5, 5.41) is 7.48. The van der Waals surface area contributed by atoms with E-state index in [1.54, 1.807) is 0 Å². The average molecular weight is 276 g/mol. The summed E-state index contributed by atoms with van der Waals surface area (Å²) in [6.07, 6.45) is 6.32.